The highest BCUT2D eigenvalue weighted by molar-refractivity contribution is 7.65. The van der Waals surface area contributed by atoms with E-state index in [1.54, 1.807) is 6.07 Å². The quantitative estimate of drug-likeness (QED) is 0.0380. The van der Waals surface area contributed by atoms with E-state index in [0.717, 1.165) is 60.8 Å². The van der Waals surface area contributed by atoms with Gasteiger partial charge in [0, 0.05) is 79.6 Å². The largest absolute Gasteiger partial charge is 0.756 e. The summed E-state index contributed by atoms with van der Waals surface area (Å²) in [7, 11) is -9.99. The number of hydrogen-bond acceptors (Lipinski definition) is 16. The average molecular weight is 944 g/mol. The molecular weight excluding hydrogens is 899 g/mol. The van der Waals surface area contributed by atoms with E-state index in [2.05, 4.69) is 47.4 Å². The molecule has 342 valence electrons. The van der Waals surface area contributed by atoms with Gasteiger partial charge in [-0.2, -0.15) is 0 Å². The summed E-state index contributed by atoms with van der Waals surface area (Å²) in [5.74, 6) is 5.98. The summed E-state index contributed by atoms with van der Waals surface area (Å²) in [5.41, 5.74) is 4.04. The number of anilines is 1. The van der Waals surface area contributed by atoms with Gasteiger partial charge in [0.15, 0.2) is 6.23 Å². The Labute approximate surface area is 365 Å². The first-order valence-corrected chi connectivity index (χ1v) is 23.9. The van der Waals surface area contributed by atoms with Crippen LogP contribution in [-0.2, 0) is 31.6 Å². The molecule has 3 aromatic rings. The molecule has 0 saturated carbocycles. The number of phosphoric acid groups is 3. The summed E-state index contributed by atoms with van der Waals surface area (Å²) in [6, 6.07) is 17.8. The number of hydrogen-bond donors (Lipinski definition) is 4. The zero-order valence-corrected chi connectivity index (χ0v) is 37.7. The number of aliphatic hydroxyl groups is 1. The minimum Gasteiger partial charge on any atom is -0.756 e. The molecule has 2 aromatic carbocycles. The van der Waals surface area contributed by atoms with Gasteiger partial charge in [0.2, 0.25) is 5.36 Å². The third kappa shape index (κ3) is 12.0. The number of aromatic amines is 1. The van der Waals surface area contributed by atoms with E-state index < -0.39 is 59.8 Å². The van der Waals surface area contributed by atoms with E-state index in [1.165, 1.54) is 0 Å². The van der Waals surface area contributed by atoms with Crippen LogP contribution in [0.4, 0.5) is 5.69 Å². The smallest absolute Gasteiger partial charge is 0.330 e. The Morgan fingerprint density at radius 1 is 1.02 bits per heavy atom. The van der Waals surface area contributed by atoms with Crippen LogP contribution < -0.4 is 46.1 Å². The second-order valence-corrected chi connectivity index (χ2v) is 19.4. The molecule has 0 bridgehead atoms. The Kier molecular flexibility index (Phi) is 14.8. The number of benzene rings is 3. The minimum atomic E-state index is -6.13. The number of rotatable bonds is 15. The van der Waals surface area contributed by atoms with Gasteiger partial charge in [-0.25, -0.2) is 18.0 Å². The van der Waals surface area contributed by atoms with Gasteiger partial charge < -0.3 is 48.6 Å². The fourth-order valence-corrected chi connectivity index (χ4v) is 9.83. The lowest BCUT2D eigenvalue weighted by molar-refractivity contribution is -0.250. The third-order valence-electron chi connectivity index (χ3n) is 9.95. The first kappa shape index (κ1) is 48.4. The van der Waals surface area contributed by atoms with Crippen LogP contribution >= 0.6 is 23.5 Å². The Hall–Kier alpha value is -5.03. The van der Waals surface area contributed by atoms with Gasteiger partial charge in [0.1, 0.15) is 37.1 Å². The van der Waals surface area contributed by atoms with Crippen molar-refractivity contribution in [2.75, 3.05) is 46.2 Å². The second kappa shape index (κ2) is 19.6. The molecule has 1 amide bonds. The van der Waals surface area contributed by atoms with Gasteiger partial charge in [0.05, 0.1) is 18.8 Å². The first-order chi connectivity index (χ1) is 30.0. The molecular formula is C40H44N5O16P3-2. The number of phosphoric ester groups is 1. The van der Waals surface area contributed by atoms with Crippen molar-refractivity contribution in [1.29, 1.82) is 0 Å². The topological polar surface area (TPSA) is 301 Å². The van der Waals surface area contributed by atoms with Crippen LogP contribution in [-0.4, -0.2) is 79.0 Å². The van der Waals surface area contributed by atoms with E-state index in [-0.39, 0.29) is 17.9 Å². The van der Waals surface area contributed by atoms with Crippen LogP contribution in [0.3, 0.4) is 0 Å². The number of amides is 1. The Balaban J connectivity index is 1.04. The van der Waals surface area contributed by atoms with Gasteiger partial charge in [-0.1, -0.05) is 17.9 Å². The van der Waals surface area contributed by atoms with Crippen molar-refractivity contribution in [3.63, 3.8) is 0 Å². The summed E-state index contributed by atoms with van der Waals surface area (Å²) in [5, 5.41) is 15.4. The summed E-state index contributed by atoms with van der Waals surface area (Å²) in [6.45, 7) is 1.34. The second-order valence-electron chi connectivity index (χ2n) is 15.2. The maximum absolute atomic E-state index is 13.2. The Bertz CT molecular complexity index is 2960. The highest BCUT2D eigenvalue weighted by atomic mass is 31.3. The number of aliphatic hydroxyl groups excluding tert-OH is 1. The van der Waals surface area contributed by atoms with Crippen molar-refractivity contribution in [1.82, 2.24) is 19.4 Å². The summed E-state index contributed by atoms with van der Waals surface area (Å²) in [6.07, 6.45) is -2.09. The predicted octanol–water partition coefficient (Wildman–Crippen LogP) is 1.51. The molecule has 6 atom stereocenters. The molecule has 6 rings (SSSR count). The zero-order chi connectivity index (χ0) is 46.7. The molecule has 24 heteroatoms. The van der Waals surface area contributed by atoms with Crippen LogP contribution in [0.2, 0.25) is 0 Å². The molecule has 64 heavy (non-hydrogen) atoms. The summed E-state index contributed by atoms with van der Waals surface area (Å²) < 4.78 is 59.9. The number of aromatic nitrogens is 2. The molecule has 0 spiro atoms. The van der Waals surface area contributed by atoms with Crippen molar-refractivity contribution in [2.24, 2.45) is 0 Å². The van der Waals surface area contributed by atoms with E-state index in [0.29, 0.717) is 31.4 Å². The average Bonchev–Trinajstić information content (AvgIpc) is 3.57. The molecule has 6 unspecified atom stereocenters. The highest BCUT2D eigenvalue weighted by Crippen LogP contribution is 2.61. The number of aryl methyl sites for hydroxylation is 1. The van der Waals surface area contributed by atoms with Gasteiger partial charge in [-0.15, -0.1) is 0 Å². The summed E-state index contributed by atoms with van der Waals surface area (Å²) >= 11 is 0. The van der Waals surface area contributed by atoms with Crippen molar-refractivity contribution >= 4 is 46.0 Å². The van der Waals surface area contributed by atoms with E-state index in [1.807, 2.05) is 81.0 Å². The van der Waals surface area contributed by atoms with E-state index >= 15 is 0 Å². The fraction of sp³-hybridized carbons (Fsp3) is 0.350. The first-order valence-electron chi connectivity index (χ1n) is 19.5. The lowest BCUT2D eigenvalue weighted by Gasteiger charge is -2.32. The number of H-pyrrole nitrogens is 1. The van der Waals surface area contributed by atoms with Crippen molar-refractivity contribution in [3.8, 4) is 34.3 Å². The normalized spacial score (nSPS) is 19.0. The summed E-state index contributed by atoms with van der Waals surface area (Å²) in [4.78, 5) is 84.9. The number of unbranched alkanes of at least 4 members (excludes halogenated alkanes) is 2. The molecule has 4 N–H and O–H groups in total. The number of fused-ring (bicyclic) bond motifs is 2. The molecule has 1 fully saturated rings. The van der Waals surface area contributed by atoms with Gasteiger partial charge in [-0.3, -0.25) is 32.8 Å². The fourth-order valence-electron chi connectivity index (χ4n) is 6.91. The number of nitrogens with zero attached hydrogens (tertiary/aromatic N) is 3. The van der Waals surface area contributed by atoms with Gasteiger partial charge in [0.25, 0.3) is 34.9 Å². The number of carbonyl (C=O) groups excluding carboxylic acids is 1. The van der Waals surface area contributed by atoms with Crippen LogP contribution in [0.5, 0.6) is 0 Å². The maximum atomic E-state index is 13.2. The van der Waals surface area contributed by atoms with Crippen LogP contribution in [0.15, 0.2) is 74.8 Å². The van der Waals surface area contributed by atoms with Crippen LogP contribution in [0.1, 0.15) is 53.4 Å². The molecule has 1 aliphatic carbocycles. The molecule has 2 aliphatic heterocycles. The highest BCUT2D eigenvalue weighted by Gasteiger charge is 2.37. The molecule has 21 nitrogen and oxygen atoms in total. The SMILES string of the molecule is Cc1cc(C(=O)NCCCCC#Cc2cn(C3OC(COP(=O)([O-])OP(=O)([O-])OP(=O)([O-])O)CC3O)c(=O)[nH]c2=O)ccc1-c1c2ccc(=[N+](C)C)cc-2oc2cc(N(C)C)ccc12. The van der Waals surface area contributed by atoms with Crippen molar-refractivity contribution in [3.05, 3.63) is 104 Å². The van der Waals surface area contributed by atoms with Crippen LogP contribution in [0, 0.1) is 18.8 Å². The minimum absolute atomic E-state index is 0.159. The lowest BCUT2D eigenvalue weighted by Crippen LogP contribution is -2.36. The Morgan fingerprint density at radius 2 is 1.75 bits per heavy atom. The lowest BCUT2D eigenvalue weighted by atomic mass is 9.90. The zero-order valence-electron chi connectivity index (χ0n) is 35.0. The molecule has 1 saturated heterocycles. The van der Waals surface area contributed by atoms with Gasteiger partial charge >= 0.3 is 5.69 Å². The predicted molar refractivity (Wildman–Crippen MR) is 227 cm³/mol. The van der Waals surface area contributed by atoms with Crippen molar-refractivity contribution in [2.45, 2.75) is 51.0 Å². The maximum Gasteiger partial charge on any atom is 0.330 e. The van der Waals surface area contributed by atoms with E-state index in [9.17, 15) is 47.9 Å². The monoisotopic (exact) mass is 943 g/mol. The number of ether oxygens (including phenoxy) is 1. The molecule has 1 aromatic heterocycles. The van der Waals surface area contributed by atoms with E-state index in [4.69, 9.17) is 14.0 Å². The van der Waals surface area contributed by atoms with Crippen molar-refractivity contribution < 1.29 is 65.5 Å². The Morgan fingerprint density at radius 3 is 2.44 bits per heavy atom. The number of carbonyl (C=O) groups is 1. The number of nitrogens with one attached hydrogen (secondary N) is 2. The van der Waals surface area contributed by atoms with Gasteiger partial charge in [-0.05, 0) is 61.2 Å². The molecule has 3 heterocycles. The molecule has 0 radical (unpaired) electrons. The standard InChI is InChI=1S/C40H46N5O16P3/c1-24-18-25(11-14-30(24)36-31-15-12-27(43(2)3)19-34(31)59-35-20-28(44(4)5)13-16-32(35)36)37(47)41-17-9-7-6-8-10-26-22-45(40(49)42-38(26)48)39-33(46)21-29(58-39)23-57-63(53,54)61-64(55,56)60-62(50,51)52/h11-16,18-20,22,29,33,39,46H,6-7,9,17,21,23H2,1-5H3,(H5-,41,42,47,48,49,50,51,52,53,54,55,56)/p-2. The van der Waals surface area contributed by atoms with Crippen LogP contribution in [0.25, 0.3) is 33.4 Å². The molecule has 3 aliphatic rings. The third-order valence-corrected chi connectivity index (χ3v) is 13.6.